The molecule has 0 aliphatic carbocycles. The number of aryl methyl sites for hydroxylation is 1. The molecule has 0 fully saturated rings. The molecular weight excluding hydrogens is 709 g/mol. The molecule has 0 N–H and O–H groups in total. The van der Waals surface area contributed by atoms with Crippen LogP contribution in [-0.2, 0) is 0 Å². The predicted molar refractivity (Wildman–Crippen MR) is 240 cm³/mol. The summed E-state index contributed by atoms with van der Waals surface area (Å²) < 4.78 is 8.98. The average molecular weight is 747 g/mol. The van der Waals surface area contributed by atoms with Crippen LogP contribution in [0.2, 0.25) is 0 Å². The molecule has 0 atom stereocenters. The highest BCUT2D eigenvalue weighted by atomic mass is 16.5. The number of benzene rings is 8. The number of aromatic nitrogens is 2. The van der Waals surface area contributed by atoms with Crippen molar-refractivity contribution in [2.75, 3.05) is 16.5 Å². The van der Waals surface area contributed by atoms with Crippen LogP contribution in [0.25, 0.3) is 60.6 Å². The predicted octanol–water partition coefficient (Wildman–Crippen LogP) is 14.0. The van der Waals surface area contributed by atoms with Crippen LogP contribution in [0.15, 0.2) is 200 Å². The van der Waals surface area contributed by atoms with E-state index in [-0.39, 0.29) is 0 Å². The van der Waals surface area contributed by atoms with Gasteiger partial charge in [0.25, 0.3) is 0 Å². The molecule has 0 spiro atoms. The van der Waals surface area contributed by atoms with E-state index in [1.165, 1.54) is 49.8 Å². The van der Waals surface area contributed by atoms with Crippen LogP contribution in [0, 0.1) is 6.92 Å². The molecule has 0 radical (unpaired) electrons. The minimum atomic E-state index is 0.617. The second-order valence-electron chi connectivity index (χ2n) is 14.9. The number of hydrogen-bond acceptors (Lipinski definition) is 4. The van der Waals surface area contributed by atoms with Gasteiger partial charge in [-0.05, 0) is 72.0 Å². The van der Waals surface area contributed by atoms with Crippen molar-refractivity contribution in [1.82, 2.24) is 9.55 Å². The molecule has 5 nitrogen and oxygen atoms in total. The van der Waals surface area contributed by atoms with Gasteiger partial charge < -0.3 is 14.5 Å². The molecule has 11 rings (SSSR count). The summed E-state index contributed by atoms with van der Waals surface area (Å²) in [5.74, 6) is 2.42. The number of nitrogens with zero attached hydrogens (tertiary/aromatic N) is 4. The zero-order valence-electron chi connectivity index (χ0n) is 32.0. The third-order valence-corrected chi connectivity index (χ3v) is 11.3. The summed E-state index contributed by atoms with van der Waals surface area (Å²) in [7, 11) is 0. The monoisotopic (exact) mass is 746 g/mol. The van der Waals surface area contributed by atoms with Crippen molar-refractivity contribution in [2.24, 2.45) is 0 Å². The Labute approximate surface area is 337 Å². The molecule has 0 saturated carbocycles. The number of fused-ring (bicyclic) bond motifs is 6. The van der Waals surface area contributed by atoms with E-state index >= 15 is 0 Å². The Morgan fingerprint density at radius 3 is 1.90 bits per heavy atom. The van der Waals surface area contributed by atoms with Gasteiger partial charge in [-0.1, -0.05) is 140 Å². The lowest BCUT2D eigenvalue weighted by Crippen LogP contribution is -2.25. The fourth-order valence-corrected chi connectivity index (χ4v) is 8.74. The highest BCUT2D eigenvalue weighted by Crippen LogP contribution is 2.53. The minimum absolute atomic E-state index is 0.617. The van der Waals surface area contributed by atoms with Crippen molar-refractivity contribution in [3.8, 4) is 39.6 Å². The van der Waals surface area contributed by atoms with Crippen LogP contribution in [0.5, 0.6) is 11.5 Å². The van der Waals surface area contributed by atoms with Crippen molar-refractivity contribution in [3.05, 3.63) is 206 Å². The first-order valence-corrected chi connectivity index (χ1v) is 19.7. The van der Waals surface area contributed by atoms with E-state index in [2.05, 4.69) is 202 Å². The van der Waals surface area contributed by atoms with Crippen molar-refractivity contribution in [2.45, 2.75) is 6.92 Å². The first-order valence-electron chi connectivity index (χ1n) is 19.7. The molecule has 276 valence electrons. The molecule has 0 bridgehead atoms. The van der Waals surface area contributed by atoms with Crippen LogP contribution in [0.1, 0.15) is 5.69 Å². The standard InChI is InChI=1S/C53H38N4O/c1-36-15-12-28-51(54-36)57-48-27-11-10-24-46(48)47-31-30-42(34-50(47)57)58-41-22-13-21-40(33-41)55-35-56(53-45-23-9-8-20-39(45)29-32-49(53)55)52-43(37-16-4-2-5-17-37)25-14-26-44(52)38-18-6-3-7-19-38/h2-34H,35H2,1H3. The summed E-state index contributed by atoms with van der Waals surface area (Å²) >= 11 is 0. The minimum Gasteiger partial charge on any atom is -0.457 e. The molecule has 5 heteroatoms. The number of para-hydroxylation sites is 2. The Hall–Kier alpha value is -7.63. The highest BCUT2D eigenvalue weighted by molar-refractivity contribution is 6.10. The van der Waals surface area contributed by atoms with E-state index in [0.29, 0.717) is 6.67 Å². The molecule has 58 heavy (non-hydrogen) atoms. The van der Waals surface area contributed by atoms with Crippen LogP contribution in [-0.4, -0.2) is 16.2 Å². The Morgan fingerprint density at radius 2 is 1.12 bits per heavy atom. The van der Waals surface area contributed by atoms with Crippen LogP contribution in [0.4, 0.5) is 22.7 Å². The number of anilines is 4. The smallest absolute Gasteiger partial charge is 0.137 e. The lowest BCUT2D eigenvalue weighted by molar-refractivity contribution is 0.483. The SMILES string of the molecule is Cc1cccc(-n2c3ccccc3c3ccc(Oc4cccc(N5CN(c6c(-c7ccccc7)cccc6-c6ccccc6)c6c5ccc5ccccc65)c4)cc32)n1. The maximum Gasteiger partial charge on any atom is 0.137 e. The number of hydrogen-bond donors (Lipinski definition) is 0. The normalized spacial score (nSPS) is 12.4. The van der Waals surface area contributed by atoms with Gasteiger partial charge in [0.05, 0.1) is 28.1 Å². The zero-order valence-corrected chi connectivity index (χ0v) is 32.0. The van der Waals surface area contributed by atoms with E-state index < -0.39 is 0 Å². The Balaban J connectivity index is 1.03. The van der Waals surface area contributed by atoms with Gasteiger partial charge in [-0.3, -0.25) is 4.57 Å². The van der Waals surface area contributed by atoms with E-state index in [1.807, 2.05) is 19.1 Å². The summed E-state index contributed by atoms with van der Waals surface area (Å²) in [6.07, 6.45) is 0. The Kier molecular flexibility index (Phi) is 8.04. The largest absolute Gasteiger partial charge is 0.457 e. The second-order valence-corrected chi connectivity index (χ2v) is 14.9. The van der Waals surface area contributed by atoms with Gasteiger partial charge in [0.2, 0.25) is 0 Å². The zero-order chi connectivity index (χ0) is 38.6. The molecule has 8 aromatic carbocycles. The fraction of sp³-hybridized carbons (Fsp3) is 0.0377. The van der Waals surface area contributed by atoms with Gasteiger partial charge in [-0.15, -0.1) is 0 Å². The van der Waals surface area contributed by atoms with Crippen molar-refractivity contribution in [3.63, 3.8) is 0 Å². The molecule has 0 amide bonds. The third kappa shape index (κ3) is 5.67. The van der Waals surface area contributed by atoms with Gasteiger partial charge in [0.15, 0.2) is 0 Å². The first-order chi connectivity index (χ1) is 28.7. The topological polar surface area (TPSA) is 33.5 Å². The second kappa shape index (κ2) is 13.8. The van der Waals surface area contributed by atoms with Gasteiger partial charge in [0.1, 0.15) is 24.0 Å². The van der Waals surface area contributed by atoms with E-state index in [0.717, 1.165) is 50.8 Å². The quantitative estimate of drug-likeness (QED) is 0.163. The molecule has 1 aliphatic heterocycles. The average Bonchev–Trinajstić information content (AvgIpc) is 3.83. The van der Waals surface area contributed by atoms with Gasteiger partial charge in [-0.25, -0.2) is 4.98 Å². The van der Waals surface area contributed by atoms with Gasteiger partial charge in [0, 0.05) is 50.8 Å². The van der Waals surface area contributed by atoms with Crippen molar-refractivity contribution < 1.29 is 4.74 Å². The summed E-state index contributed by atoms with van der Waals surface area (Å²) in [5.41, 5.74) is 12.4. The molecule has 0 unspecified atom stereocenters. The number of pyridine rings is 1. The first kappa shape index (κ1) is 33.7. The maximum atomic E-state index is 6.75. The molecule has 2 aromatic heterocycles. The summed E-state index contributed by atoms with van der Waals surface area (Å²) in [6.45, 7) is 2.65. The van der Waals surface area contributed by atoms with Crippen molar-refractivity contribution >= 4 is 55.3 Å². The van der Waals surface area contributed by atoms with E-state index in [1.54, 1.807) is 0 Å². The number of rotatable bonds is 7. The summed E-state index contributed by atoms with van der Waals surface area (Å²) in [6, 6.07) is 70.9. The van der Waals surface area contributed by atoms with Crippen LogP contribution < -0.4 is 14.5 Å². The lowest BCUT2D eigenvalue weighted by Gasteiger charge is -2.27. The van der Waals surface area contributed by atoms with Gasteiger partial charge >= 0.3 is 0 Å². The summed E-state index contributed by atoms with van der Waals surface area (Å²) in [4.78, 5) is 9.84. The molecular formula is C53H38N4O. The van der Waals surface area contributed by atoms with E-state index in [4.69, 9.17) is 9.72 Å². The molecule has 0 saturated heterocycles. The van der Waals surface area contributed by atoms with Gasteiger partial charge in [-0.2, -0.15) is 0 Å². The van der Waals surface area contributed by atoms with Crippen LogP contribution >= 0.6 is 0 Å². The third-order valence-electron chi connectivity index (χ3n) is 11.3. The van der Waals surface area contributed by atoms with Crippen molar-refractivity contribution in [1.29, 1.82) is 0 Å². The highest BCUT2D eigenvalue weighted by Gasteiger charge is 2.33. The maximum absolute atomic E-state index is 6.75. The Bertz CT molecular complexity index is 3100. The van der Waals surface area contributed by atoms with Crippen LogP contribution in [0.3, 0.4) is 0 Å². The van der Waals surface area contributed by atoms with E-state index in [9.17, 15) is 0 Å². The Morgan fingerprint density at radius 1 is 0.466 bits per heavy atom. The summed E-state index contributed by atoms with van der Waals surface area (Å²) in [5, 5.41) is 4.76. The molecule has 10 aromatic rings. The lowest BCUT2D eigenvalue weighted by atomic mass is 9.94. The number of ether oxygens (including phenoxy) is 1. The molecule has 1 aliphatic rings. The molecule has 3 heterocycles. The fourth-order valence-electron chi connectivity index (χ4n) is 8.74.